The largest absolute Gasteiger partial charge is 0.323 e. The predicted octanol–water partition coefficient (Wildman–Crippen LogP) is 4.53. The summed E-state index contributed by atoms with van der Waals surface area (Å²) in [6.07, 6.45) is 1.78. The van der Waals surface area contributed by atoms with Crippen LogP contribution in [0.25, 0.3) is 0 Å². The van der Waals surface area contributed by atoms with Crippen molar-refractivity contribution in [3.8, 4) is 0 Å². The molecule has 0 bridgehead atoms. The Morgan fingerprint density at radius 3 is 2.40 bits per heavy atom. The average Bonchev–Trinajstić information content (AvgIpc) is 3.06. The molecular weight excluding hydrogens is 310 g/mol. The number of benzene rings is 1. The summed E-state index contributed by atoms with van der Waals surface area (Å²) in [5.41, 5.74) is 3.03. The molecule has 0 saturated carbocycles. The molecule has 25 heavy (non-hydrogen) atoms. The van der Waals surface area contributed by atoms with E-state index in [1.165, 1.54) is 5.56 Å². The third-order valence-electron chi connectivity index (χ3n) is 4.72. The highest BCUT2D eigenvalue weighted by atomic mass is 15.2. The van der Waals surface area contributed by atoms with Gasteiger partial charge in [0.1, 0.15) is 11.6 Å². The zero-order valence-corrected chi connectivity index (χ0v) is 15.3. The van der Waals surface area contributed by atoms with Crippen LogP contribution < -0.4 is 5.32 Å². The Bertz CT molecular complexity index is 840. The van der Waals surface area contributed by atoms with Crippen LogP contribution in [0.4, 0.5) is 11.6 Å². The topological polar surface area (TPSA) is 66.5 Å². The van der Waals surface area contributed by atoms with Crippen molar-refractivity contribution in [1.82, 2.24) is 20.2 Å². The van der Waals surface area contributed by atoms with Gasteiger partial charge in [0.2, 0.25) is 0 Å². The number of rotatable bonds is 6. The standard InChI is InChI=1S/C20H25N5/c1-5-16-13-17(22-18-12-14(3)24-25-18)23-19(21-16)20(4,6-2)15-10-8-7-9-11-15/h7-13H,5-6H2,1-4H3,(H2,21,22,23,24,25). The van der Waals surface area contributed by atoms with Crippen LogP contribution in [0.5, 0.6) is 0 Å². The van der Waals surface area contributed by atoms with E-state index >= 15 is 0 Å². The summed E-state index contributed by atoms with van der Waals surface area (Å²) < 4.78 is 0. The lowest BCUT2D eigenvalue weighted by Crippen LogP contribution is -2.26. The van der Waals surface area contributed by atoms with Gasteiger partial charge in [-0.25, -0.2) is 9.97 Å². The Labute approximate surface area is 148 Å². The van der Waals surface area contributed by atoms with Gasteiger partial charge in [-0.05, 0) is 32.3 Å². The molecule has 2 N–H and O–H groups in total. The first-order valence-electron chi connectivity index (χ1n) is 8.78. The number of nitrogens with zero attached hydrogens (tertiary/aromatic N) is 3. The van der Waals surface area contributed by atoms with Crippen molar-refractivity contribution in [2.24, 2.45) is 0 Å². The van der Waals surface area contributed by atoms with Crippen molar-refractivity contribution in [1.29, 1.82) is 0 Å². The van der Waals surface area contributed by atoms with Gasteiger partial charge in [-0.2, -0.15) is 5.10 Å². The van der Waals surface area contributed by atoms with Gasteiger partial charge >= 0.3 is 0 Å². The molecule has 0 aliphatic rings. The summed E-state index contributed by atoms with van der Waals surface area (Å²) in [5, 5.41) is 10.5. The molecule has 1 atom stereocenters. The first-order chi connectivity index (χ1) is 12.0. The summed E-state index contributed by atoms with van der Waals surface area (Å²) in [7, 11) is 0. The minimum atomic E-state index is -0.232. The van der Waals surface area contributed by atoms with Gasteiger partial charge in [0.25, 0.3) is 0 Å². The van der Waals surface area contributed by atoms with Crippen molar-refractivity contribution in [2.75, 3.05) is 5.32 Å². The minimum Gasteiger partial charge on any atom is -0.323 e. The molecule has 5 heteroatoms. The van der Waals surface area contributed by atoms with Gasteiger partial charge < -0.3 is 5.32 Å². The molecule has 0 radical (unpaired) electrons. The molecule has 0 aliphatic carbocycles. The third-order valence-corrected chi connectivity index (χ3v) is 4.72. The molecule has 1 unspecified atom stereocenters. The summed E-state index contributed by atoms with van der Waals surface area (Å²) in [4.78, 5) is 9.67. The maximum atomic E-state index is 4.84. The fourth-order valence-electron chi connectivity index (χ4n) is 2.90. The second-order valence-electron chi connectivity index (χ2n) is 6.53. The second kappa shape index (κ2) is 7.05. The summed E-state index contributed by atoms with van der Waals surface area (Å²) >= 11 is 0. The highest BCUT2D eigenvalue weighted by molar-refractivity contribution is 5.52. The highest BCUT2D eigenvalue weighted by Gasteiger charge is 2.30. The molecule has 2 heterocycles. The fraction of sp³-hybridized carbons (Fsp3) is 0.350. The zero-order chi connectivity index (χ0) is 17.9. The maximum Gasteiger partial charge on any atom is 0.153 e. The third kappa shape index (κ3) is 3.55. The maximum absolute atomic E-state index is 4.84. The fourth-order valence-corrected chi connectivity index (χ4v) is 2.90. The van der Waals surface area contributed by atoms with E-state index < -0.39 is 0 Å². The number of anilines is 2. The van der Waals surface area contributed by atoms with Crippen LogP contribution in [0.3, 0.4) is 0 Å². The first kappa shape index (κ1) is 17.1. The van der Waals surface area contributed by atoms with Gasteiger partial charge in [-0.3, -0.25) is 5.10 Å². The van der Waals surface area contributed by atoms with E-state index in [9.17, 15) is 0 Å². The van der Waals surface area contributed by atoms with Crippen LogP contribution in [0.2, 0.25) is 0 Å². The van der Waals surface area contributed by atoms with Crippen LogP contribution in [0.15, 0.2) is 42.5 Å². The number of hydrogen-bond acceptors (Lipinski definition) is 4. The van der Waals surface area contributed by atoms with Crippen LogP contribution in [-0.4, -0.2) is 20.2 Å². The lowest BCUT2D eigenvalue weighted by Gasteiger charge is -2.28. The van der Waals surface area contributed by atoms with Crippen molar-refractivity contribution in [2.45, 2.75) is 46.0 Å². The first-order valence-corrected chi connectivity index (χ1v) is 8.78. The molecule has 5 nitrogen and oxygen atoms in total. The van der Waals surface area contributed by atoms with Crippen LogP contribution in [0.1, 0.15) is 50.0 Å². The average molecular weight is 335 g/mol. The van der Waals surface area contributed by atoms with Gasteiger partial charge in [0.05, 0.1) is 5.41 Å². The van der Waals surface area contributed by atoms with E-state index in [2.05, 4.69) is 60.6 Å². The van der Waals surface area contributed by atoms with E-state index in [1.807, 2.05) is 25.1 Å². The molecule has 3 rings (SSSR count). The van der Waals surface area contributed by atoms with E-state index in [1.54, 1.807) is 0 Å². The van der Waals surface area contributed by atoms with Gasteiger partial charge in [-0.15, -0.1) is 0 Å². The Morgan fingerprint density at radius 2 is 1.80 bits per heavy atom. The number of nitrogens with one attached hydrogen (secondary N) is 2. The zero-order valence-electron chi connectivity index (χ0n) is 15.3. The van der Waals surface area contributed by atoms with E-state index in [-0.39, 0.29) is 5.41 Å². The van der Waals surface area contributed by atoms with E-state index in [4.69, 9.17) is 9.97 Å². The van der Waals surface area contributed by atoms with Crippen LogP contribution in [0, 0.1) is 6.92 Å². The molecule has 1 aromatic carbocycles. The Hall–Kier alpha value is -2.69. The molecule has 3 aromatic rings. The van der Waals surface area contributed by atoms with Crippen LogP contribution >= 0.6 is 0 Å². The summed E-state index contributed by atoms with van der Waals surface area (Å²) in [6.45, 7) is 8.48. The molecule has 0 fully saturated rings. The monoisotopic (exact) mass is 335 g/mol. The molecule has 0 aliphatic heterocycles. The van der Waals surface area contributed by atoms with Crippen molar-refractivity contribution in [3.05, 3.63) is 65.2 Å². The normalized spacial score (nSPS) is 13.4. The minimum absolute atomic E-state index is 0.232. The SMILES string of the molecule is CCc1cc(Nc2cc(C)[nH]n2)nc(C(C)(CC)c2ccccc2)n1. The molecule has 0 spiro atoms. The lowest BCUT2D eigenvalue weighted by molar-refractivity contribution is 0.511. The lowest BCUT2D eigenvalue weighted by atomic mass is 9.79. The molecule has 0 amide bonds. The molecule has 2 aromatic heterocycles. The van der Waals surface area contributed by atoms with Gasteiger partial charge in [0.15, 0.2) is 5.82 Å². The van der Waals surface area contributed by atoms with E-state index in [0.717, 1.165) is 41.7 Å². The summed E-state index contributed by atoms with van der Waals surface area (Å²) in [6, 6.07) is 14.4. The second-order valence-corrected chi connectivity index (χ2v) is 6.53. The van der Waals surface area contributed by atoms with Crippen LogP contribution in [-0.2, 0) is 11.8 Å². The Balaban J connectivity index is 2.04. The van der Waals surface area contributed by atoms with Crippen molar-refractivity contribution in [3.63, 3.8) is 0 Å². The number of aromatic amines is 1. The summed E-state index contributed by atoms with van der Waals surface area (Å²) in [5.74, 6) is 2.39. The number of H-pyrrole nitrogens is 1. The highest BCUT2D eigenvalue weighted by Crippen LogP contribution is 2.33. The number of aromatic nitrogens is 4. The molecule has 0 saturated heterocycles. The Morgan fingerprint density at radius 1 is 1.04 bits per heavy atom. The van der Waals surface area contributed by atoms with Gasteiger partial charge in [-0.1, -0.05) is 44.2 Å². The number of hydrogen-bond donors (Lipinski definition) is 2. The van der Waals surface area contributed by atoms with Crippen molar-refractivity contribution >= 4 is 11.6 Å². The van der Waals surface area contributed by atoms with Crippen molar-refractivity contribution < 1.29 is 0 Å². The van der Waals surface area contributed by atoms with Gasteiger partial charge in [0, 0.05) is 23.5 Å². The Kier molecular flexibility index (Phi) is 4.83. The van der Waals surface area contributed by atoms with E-state index in [0.29, 0.717) is 0 Å². The smallest absolute Gasteiger partial charge is 0.153 e. The molecule has 130 valence electrons. The molecular formula is C20H25N5. The predicted molar refractivity (Wildman–Crippen MR) is 101 cm³/mol. The quantitative estimate of drug-likeness (QED) is 0.694. The number of aryl methyl sites for hydroxylation is 2.